The maximum atomic E-state index is 13.4. The second-order valence-corrected chi connectivity index (χ2v) is 16.7. The van der Waals surface area contributed by atoms with Gasteiger partial charge >= 0.3 is 0 Å². The topological polar surface area (TPSA) is 177 Å². The van der Waals surface area contributed by atoms with Gasteiger partial charge in [0.1, 0.15) is 30.1 Å². The van der Waals surface area contributed by atoms with Crippen molar-refractivity contribution in [3.05, 3.63) is 108 Å². The van der Waals surface area contributed by atoms with Crippen molar-refractivity contribution in [1.29, 1.82) is 0 Å². The Morgan fingerprint density at radius 1 is 0.633 bits per heavy atom. The fourth-order valence-corrected chi connectivity index (χ4v) is 7.51. The Bertz CT molecular complexity index is 2410. The molecular weight excluding hydrogens is 834 g/mol. The van der Waals surface area contributed by atoms with Gasteiger partial charge in [-0.1, -0.05) is 48.9 Å². The van der Waals surface area contributed by atoms with E-state index in [0.29, 0.717) is 22.9 Å². The molecule has 14 nitrogen and oxygen atoms in total. The van der Waals surface area contributed by atoms with E-state index in [1.807, 2.05) is 0 Å². The zero-order valence-electron chi connectivity index (χ0n) is 32.8. The molecule has 6 heterocycles. The normalized spacial score (nSPS) is 14.3. The Hall–Kier alpha value is -5.49. The molecule has 8 rings (SSSR count). The Balaban J connectivity index is 0.000000174. The lowest BCUT2D eigenvalue weighted by atomic mass is 10.1. The zero-order chi connectivity index (χ0) is 42.3. The van der Waals surface area contributed by atoms with Gasteiger partial charge in [-0.3, -0.25) is 0 Å². The molecule has 4 aromatic heterocycles. The van der Waals surface area contributed by atoms with E-state index < -0.39 is 21.5 Å². The van der Waals surface area contributed by atoms with Crippen LogP contribution in [0.3, 0.4) is 0 Å². The van der Waals surface area contributed by atoms with E-state index in [2.05, 4.69) is 55.7 Å². The molecule has 0 unspecified atom stereocenters. The van der Waals surface area contributed by atoms with Gasteiger partial charge in [-0.2, -0.15) is 4.98 Å². The molecule has 314 valence electrons. The van der Waals surface area contributed by atoms with Crippen molar-refractivity contribution < 1.29 is 17.2 Å². The molecule has 0 spiro atoms. The van der Waals surface area contributed by atoms with Crippen LogP contribution in [0.25, 0.3) is 22.3 Å². The summed E-state index contributed by atoms with van der Waals surface area (Å²) in [6.45, 7) is 4.39. The number of hydrogen-bond acceptors (Lipinski definition) is 14. The summed E-state index contributed by atoms with van der Waals surface area (Å²) in [4.78, 5) is 35.6. The third-order valence-electron chi connectivity index (χ3n) is 9.33. The third kappa shape index (κ3) is 12.8. The predicted molar refractivity (Wildman–Crippen MR) is 231 cm³/mol. The second-order valence-electron chi connectivity index (χ2n) is 13.9. The Kier molecular flexibility index (Phi) is 15.9. The first-order valence-electron chi connectivity index (χ1n) is 19.4. The van der Waals surface area contributed by atoms with E-state index in [0.717, 1.165) is 49.1 Å². The molecule has 2 aromatic carbocycles. The molecule has 0 aliphatic carbocycles. The van der Waals surface area contributed by atoms with Crippen LogP contribution in [0.15, 0.2) is 91.3 Å². The number of benzene rings is 2. The van der Waals surface area contributed by atoms with E-state index in [1.165, 1.54) is 113 Å². The van der Waals surface area contributed by atoms with Crippen LogP contribution < -0.4 is 20.9 Å². The number of nitrogens with one attached hydrogen (secondary N) is 3. The fraction of sp³-hybridized carbons (Fsp3) is 0.317. The van der Waals surface area contributed by atoms with E-state index >= 15 is 0 Å². The lowest BCUT2D eigenvalue weighted by Crippen LogP contribution is -2.26. The summed E-state index contributed by atoms with van der Waals surface area (Å²) in [6.07, 6.45) is 23.8. The van der Waals surface area contributed by atoms with Crippen LogP contribution in [0.4, 0.5) is 37.9 Å². The zero-order valence-corrected chi connectivity index (χ0v) is 35.2. The highest BCUT2D eigenvalue weighted by atomic mass is 35.5. The Morgan fingerprint density at radius 3 is 1.60 bits per heavy atom. The van der Waals surface area contributed by atoms with Crippen molar-refractivity contribution >= 4 is 62.1 Å². The molecular formula is C41H44Cl2F2N12O2S. The summed E-state index contributed by atoms with van der Waals surface area (Å²) in [5.41, 5.74) is 3.57. The Morgan fingerprint density at radius 2 is 1.10 bits per heavy atom. The molecule has 60 heavy (non-hydrogen) atoms. The SMILES string of the molecule is C1CCCNCC1.CS(=O)(=O)c1nc(Nc2ccc(F)c(Cl)c2)ncc1-c1cncnc1.Fc1ccc(Nc2ncc(-c3cncnc3)c(N3CCCCCC3)n2)cc1Cl. The van der Waals surface area contributed by atoms with Gasteiger partial charge in [0.15, 0.2) is 14.9 Å². The summed E-state index contributed by atoms with van der Waals surface area (Å²) in [5, 5.41) is 9.06. The number of aromatic nitrogens is 8. The highest BCUT2D eigenvalue weighted by Gasteiger charge is 2.20. The number of sulfone groups is 1. The number of anilines is 5. The minimum Gasteiger partial charge on any atom is -0.356 e. The van der Waals surface area contributed by atoms with Crippen LogP contribution in [-0.2, 0) is 9.84 Å². The first-order valence-corrected chi connectivity index (χ1v) is 22.0. The largest absolute Gasteiger partial charge is 0.356 e. The van der Waals surface area contributed by atoms with Gasteiger partial charge in [0.05, 0.1) is 10.0 Å². The van der Waals surface area contributed by atoms with Gasteiger partial charge in [0.25, 0.3) is 0 Å². The van der Waals surface area contributed by atoms with Crippen molar-refractivity contribution in [3.8, 4) is 22.3 Å². The van der Waals surface area contributed by atoms with E-state index in [-0.39, 0.29) is 26.6 Å². The maximum absolute atomic E-state index is 13.4. The average molecular weight is 878 g/mol. The predicted octanol–water partition coefficient (Wildman–Crippen LogP) is 8.87. The highest BCUT2D eigenvalue weighted by Crippen LogP contribution is 2.32. The van der Waals surface area contributed by atoms with E-state index in [4.69, 9.17) is 28.2 Å². The minimum absolute atomic E-state index is 0.0312. The molecule has 2 aliphatic heterocycles. The van der Waals surface area contributed by atoms with Crippen molar-refractivity contribution in [3.63, 3.8) is 0 Å². The molecule has 6 aromatic rings. The summed E-state index contributed by atoms with van der Waals surface area (Å²) < 4.78 is 50.8. The number of nitrogens with zero attached hydrogens (tertiary/aromatic N) is 9. The summed E-state index contributed by atoms with van der Waals surface area (Å²) in [7, 11) is -3.64. The summed E-state index contributed by atoms with van der Waals surface area (Å²) in [5.74, 6) is 0.288. The third-order valence-corrected chi connectivity index (χ3v) is 10.9. The first kappa shape index (κ1) is 44.1. The molecule has 0 amide bonds. The van der Waals surface area contributed by atoms with Crippen molar-refractivity contribution in [1.82, 2.24) is 45.2 Å². The number of hydrogen-bond donors (Lipinski definition) is 3. The van der Waals surface area contributed by atoms with Crippen LogP contribution in [0.1, 0.15) is 51.4 Å². The molecule has 0 atom stereocenters. The molecule has 3 N–H and O–H groups in total. The molecule has 2 saturated heterocycles. The lowest BCUT2D eigenvalue weighted by molar-refractivity contribution is 0.598. The van der Waals surface area contributed by atoms with Crippen LogP contribution in [0.2, 0.25) is 10.0 Å². The quantitative estimate of drug-likeness (QED) is 0.124. The monoisotopic (exact) mass is 876 g/mol. The van der Waals surface area contributed by atoms with Gasteiger partial charge in [-0.15, -0.1) is 0 Å². The lowest BCUT2D eigenvalue weighted by Gasteiger charge is -2.24. The molecule has 0 saturated carbocycles. The van der Waals surface area contributed by atoms with Crippen LogP contribution in [0, 0.1) is 11.6 Å². The first-order chi connectivity index (χ1) is 29.0. The van der Waals surface area contributed by atoms with Crippen LogP contribution in [-0.4, -0.2) is 80.7 Å². The number of halogens is 4. The smallest absolute Gasteiger partial charge is 0.229 e. The van der Waals surface area contributed by atoms with E-state index in [1.54, 1.807) is 24.7 Å². The molecule has 19 heteroatoms. The van der Waals surface area contributed by atoms with E-state index in [9.17, 15) is 17.2 Å². The number of rotatable bonds is 8. The van der Waals surface area contributed by atoms with Crippen LogP contribution in [0.5, 0.6) is 0 Å². The van der Waals surface area contributed by atoms with Crippen molar-refractivity contribution in [2.24, 2.45) is 0 Å². The molecule has 2 fully saturated rings. The fourth-order valence-electron chi connectivity index (χ4n) is 6.33. The second kappa shape index (κ2) is 21.7. The molecule has 2 aliphatic rings. The highest BCUT2D eigenvalue weighted by molar-refractivity contribution is 7.90. The molecule has 0 radical (unpaired) electrons. The Labute approximate surface area is 357 Å². The minimum atomic E-state index is -3.64. The average Bonchev–Trinajstić information content (AvgIpc) is 3.74. The summed E-state index contributed by atoms with van der Waals surface area (Å²) in [6, 6.07) is 8.40. The van der Waals surface area contributed by atoms with Gasteiger partial charge in [0.2, 0.25) is 11.9 Å². The maximum Gasteiger partial charge on any atom is 0.229 e. The van der Waals surface area contributed by atoms with Crippen molar-refractivity contribution in [2.45, 2.75) is 56.4 Å². The van der Waals surface area contributed by atoms with Gasteiger partial charge in [0, 0.05) is 90.2 Å². The van der Waals surface area contributed by atoms with Gasteiger partial charge < -0.3 is 20.9 Å². The molecule has 0 bridgehead atoms. The van der Waals surface area contributed by atoms with Gasteiger partial charge in [-0.25, -0.2) is 52.1 Å². The summed E-state index contributed by atoms with van der Waals surface area (Å²) >= 11 is 11.6. The van der Waals surface area contributed by atoms with Gasteiger partial charge in [-0.05, 0) is 75.2 Å². The van der Waals surface area contributed by atoms with Crippen molar-refractivity contribution in [2.75, 3.05) is 48.0 Å². The van der Waals surface area contributed by atoms with Crippen LogP contribution >= 0.6 is 23.2 Å². The standard InChI is InChI=1S/C20H20ClFN6.C15H11ClFN5O2S.C6H13N/c21-17-9-15(5-6-18(17)22)26-20-25-12-16(14-10-23-13-24-11-14)19(27-20)28-7-3-1-2-4-8-28;1-25(23,24)14-11(9-5-18-8-19-6-9)7-20-15(22-14)21-10-2-3-13(17)12(16)4-10;1-2-4-6-7-5-3-1/h5-6,9-13H,1-4,7-8H2,(H,25,26,27);2-8H,1H3,(H,20,21,22);7H,1-6H2.